The Morgan fingerprint density at radius 3 is 2.65 bits per heavy atom. The molecule has 0 atom stereocenters. The summed E-state index contributed by atoms with van der Waals surface area (Å²) >= 11 is 0. The zero-order valence-corrected chi connectivity index (χ0v) is 13.2. The normalized spacial score (nSPS) is 19.4. The third-order valence-corrected chi connectivity index (χ3v) is 4.48. The van der Waals surface area contributed by atoms with Gasteiger partial charge in [0.25, 0.3) is 0 Å². The van der Waals surface area contributed by atoms with Crippen LogP contribution in [0.5, 0.6) is 0 Å². The van der Waals surface area contributed by atoms with E-state index in [1.165, 1.54) is 43.6 Å². The van der Waals surface area contributed by atoms with Crippen molar-refractivity contribution in [3.8, 4) is 0 Å². The highest BCUT2D eigenvalue weighted by molar-refractivity contribution is 4.69. The van der Waals surface area contributed by atoms with Crippen molar-refractivity contribution in [1.29, 1.82) is 0 Å². The second kappa shape index (κ2) is 7.20. The van der Waals surface area contributed by atoms with Crippen LogP contribution in [0.2, 0.25) is 0 Å². The van der Waals surface area contributed by atoms with Crippen LogP contribution in [0, 0.1) is 0 Å². The van der Waals surface area contributed by atoms with Gasteiger partial charge in [0, 0.05) is 26.2 Å². The number of piperazine rings is 1. The Balaban J connectivity index is 1.72. The van der Waals surface area contributed by atoms with Gasteiger partial charge >= 0.3 is 0 Å². The Kier molecular flexibility index (Phi) is 5.57. The van der Waals surface area contributed by atoms with Crippen molar-refractivity contribution in [2.75, 3.05) is 52.9 Å². The van der Waals surface area contributed by atoms with Gasteiger partial charge < -0.3 is 10.2 Å². The van der Waals surface area contributed by atoms with E-state index in [1.54, 1.807) is 0 Å². The molecule has 0 radical (unpaired) electrons. The topological polar surface area (TPSA) is 38.1 Å². The van der Waals surface area contributed by atoms with E-state index in [4.69, 9.17) is 5.73 Å². The summed E-state index contributed by atoms with van der Waals surface area (Å²) in [5, 5.41) is 0. The van der Waals surface area contributed by atoms with Crippen molar-refractivity contribution in [3.63, 3.8) is 0 Å². The maximum absolute atomic E-state index is 5.57. The smallest absolute Gasteiger partial charge is 0.243 e. The summed E-state index contributed by atoms with van der Waals surface area (Å²) in [5.74, 6) is 0. The first kappa shape index (κ1) is 15.5. The molecule has 20 heavy (non-hydrogen) atoms. The summed E-state index contributed by atoms with van der Waals surface area (Å²) in [6.07, 6.45) is 7.71. The van der Waals surface area contributed by atoms with Gasteiger partial charge in [-0.25, -0.2) is 9.13 Å². The number of hydrogen-bond acceptors (Lipinski definition) is 2. The number of aromatic nitrogens is 2. The lowest BCUT2D eigenvalue weighted by atomic mass is 10.2. The van der Waals surface area contributed by atoms with Crippen LogP contribution in [0.15, 0.2) is 18.7 Å². The van der Waals surface area contributed by atoms with E-state index in [-0.39, 0.29) is 0 Å². The SMILES string of the molecule is CCC[N+]1(C)CCN(CCn2cc[n+](CCN)c2)CC1. The molecule has 1 aliphatic heterocycles. The molecule has 1 saturated heterocycles. The van der Waals surface area contributed by atoms with Crippen molar-refractivity contribution in [1.82, 2.24) is 9.47 Å². The summed E-state index contributed by atoms with van der Waals surface area (Å²) in [4.78, 5) is 2.60. The first-order valence-corrected chi connectivity index (χ1v) is 7.96. The predicted molar refractivity (Wildman–Crippen MR) is 81.2 cm³/mol. The number of likely N-dealkylation sites (N-methyl/N-ethyl adjacent to an activating group) is 1. The number of nitrogens with zero attached hydrogens (tertiary/aromatic N) is 4. The van der Waals surface area contributed by atoms with Crippen LogP contribution >= 0.6 is 0 Å². The first-order chi connectivity index (χ1) is 9.65. The lowest BCUT2D eigenvalue weighted by molar-refractivity contribution is -0.913. The molecule has 1 fully saturated rings. The summed E-state index contributed by atoms with van der Waals surface area (Å²) in [6, 6.07) is 0. The Morgan fingerprint density at radius 1 is 1.25 bits per heavy atom. The fourth-order valence-electron chi connectivity index (χ4n) is 3.09. The maximum Gasteiger partial charge on any atom is 0.243 e. The van der Waals surface area contributed by atoms with Gasteiger partial charge in [-0.2, -0.15) is 0 Å². The van der Waals surface area contributed by atoms with Crippen LogP contribution in [-0.2, 0) is 13.1 Å². The quantitative estimate of drug-likeness (QED) is 0.560. The molecule has 1 aromatic rings. The van der Waals surface area contributed by atoms with Crippen molar-refractivity contribution in [2.45, 2.75) is 26.4 Å². The molecule has 2 heterocycles. The highest BCUT2D eigenvalue weighted by Gasteiger charge is 2.27. The molecular weight excluding hydrogens is 250 g/mol. The minimum Gasteiger partial charge on any atom is -0.327 e. The molecule has 2 N–H and O–H groups in total. The van der Waals surface area contributed by atoms with Crippen LogP contribution in [0.25, 0.3) is 0 Å². The Bertz CT molecular complexity index is 393. The zero-order valence-electron chi connectivity index (χ0n) is 13.2. The number of rotatable bonds is 7. The molecule has 1 aliphatic rings. The van der Waals surface area contributed by atoms with Crippen molar-refractivity contribution < 1.29 is 9.05 Å². The molecule has 1 aromatic heterocycles. The van der Waals surface area contributed by atoms with Gasteiger partial charge in [0.15, 0.2) is 0 Å². The molecule has 114 valence electrons. The second-order valence-electron chi connectivity index (χ2n) is 6.31. The third-order valence-electron chi connectivity index (χ3n) is 4.48. The average molecular weight is 281 g/mol. The van der Waals surface area contributed by atoms with E-state index < -0.39 is 0 Å². The number of imidazole rings is 1. The fraction of sp³-hybridized carbons (Fsp3) is 0.800. The van der Waals surface area contributed by atoms with Gasteiger partial charge in [0.1, 0.15) is 25.5 Å². The minimum atomic E-state index is 0.703. The highest BCUT2D eigenvalue weighted by atomic mass is 15.4. The molecule has 0 aliphatic carbocycles. The monoisotopic (exact) mass is 281 g/mol. The summed E-state index contributed by atoms with van der Waals surface area (Å²) < 4.78 is 5.68. The van der Waals surface area contributed by atoms with Gasteiger partial charge in [-0.05, 0) is 6.42 Å². The van der Waals surface area contributed by atoms with Crippen LogP contribution < -0.4 is 10.3 Å². The summed E-state index contributed by atoms with van der Waals surface area (Å²) in [6.45, 7) is 12.5. The van der Waals surface area contributed by atoms with Crippen molar-refractivity contribution >= 4 is 0 Å². The van der Waals surface area contributed by atoms with Gasteiger partial charge in [0.2, 0.25) is 6.33 Å². The lowest BCUT2D eigenvalue weighted by Gasteiger charge is -2.41. The standard InChI is InChI=1S/C15H31N5/c1-3-12-20(2)13-10-17(11-14-20)6-7-19-9-8-18(15-19)5-4-16/h8-9,15H,3-7,10-14,16H2,1-2H3/q+2. The highest BCUT2D eigenvalue weighted by Crippen LogP contribution is 2.10. The zero-order chi connectivity index (χ0) is 14.4. The van der Waals surface area contributed by atoms with Gasteiger partial charge in [-0.1, -0.05) is 6.92 Å². The molecule has 0 amide bonds. The summed E-state index contributed by atoms with van der Waals surface area (Å²) in [7, 11) is 2.41. The number of nitrogens with two attached hydrogens (primary N) is 1. The number of quaternary nitrogens is 1. The maximum atomic E-state index is 5.57. The van der Waals surface area contributed by atoms with E-state index in [0.29, 0.717) is 6.54 Å². The Labute approximate surface area is 123 Å². The fourth-order valence-corrected chi connectivity index (χ4v) is 3.09. The van der Waals surface area contributed by atoms with Crippen molar-refractivity contribution in [2.24, 2.45) is 5.73 Å². The van der Waals surface area contributed by atoms with Crippen LogP contribution in [0.3, 0.4) is 0 Å². The second-order valence-corrected chi connectivity index (χ2v) is 6.31. The molecule has 0 unspecified atom stereocenters. The molecule has 0 bridgehead atoms. The Hall–Kier alpha value is -0.910. The molecule has 0 saturated carbocycles. The molecule has 5 heteroatoms. The van der Waals surface area contributed by atoms with Crippen LogP contribution in [-0.4, -0.2) is 66.8 Å². The molecule has 0 spiro atoms. The molecule has 0 aromatic carbocycles. The Morgan fingerprint density at radius 2 is 2.00 bits per heavy atom. The average Bonchev–Trinajstić information content (AvgIpc) is 2.87. The van der Waals surface area contributed by atoms with Crippen LogP contribution in [0.4, 0.5) is 0 Å². The summed E-state index contributed by atoms with van der Waals surface area (Å²) in [5.41, 5.74) is 5.57. The lowest BCUT2D eigenvalue weighted by Crippen LogP contribution is -2.57. The third kappa shape index (κ3) is 4.30. The van der Waals surface area contributed by atoms with E-state index in [2.05, 4.69) is 46.7 Å². The number of hydrogen-bond donors (Lipinski definition) is 1. The van der Waals surface area contributed by atoms with Gasteiger partial charge in [-0.3, -0.25) is 4.90 Å². The predicted octanol–water partition coefficient (Wildman–Crippen LogP) is -0.0935. The van der Waals surface area contributed by atoms with Gasteiger partial charge in [-0.15, -0.1) is 0 Å². The molecule has 2 rings (SSSR count). The van der Waals surface area contributed by atoms with Crippen molar-refractivity contribution in [3.05, 3.63) is 18.7 Å². The van der Waals surface area contributed by atoms with E-state index in [9.17, 15) is 0 Å². The van der Waals surface area contributed by atoms with Gasteiger partial charge in [0.05, 0.1) is 26.7 Å². The molecule has 5 nitrogen and oxygen atoms in total. The van der Waals surface area contributed by atoms with E-state index in [0.717, 1.165) is 19.6 Å². The first-order valence-electron chi connectivity index (χ1n) is 7.96. The molecular formula is C15H31N5+2. The largest absolute Gasteiger partial charge is 0.327 e. The minimum absolute atomic E-state index is 0.703. The van der Waals surface area contributed by atoms with Crippen LogP contribution in [0.1, 0.15) is 13.3 Å². The van der Waals surface area contributed by atoms with E-state index >= 15 is 0 Å². The van der Waals surface area contributed by atoms with E-state index in [1.807, 2.05) is 0 Å².